The quantitative estimate of drug-likeness (QED) is 0.808. The largest absolute Gasteiger partial charge is 0.302 e. The minimum Gasteiger partial charge on any atom is -0.302 e. The van der Waals surface area contributed by atoms with Gasteiger partial charge in [-0.1, -0.05) is 6.07 Å². The number of hydrogen-bond acceptors (Lipinski definition) is 3. The van der Waals surface area contributed by atoms with Crippen LogP contribution in [0.5, 0.6) is 0 Å². The first-order valence-corrected chi connectivity index (χ1v) is 7.78. The van der Waals surface area contributed by atoms with Crippen molar-refractivity contribution < 1.29 is 0 Å². The van der Waals surface area contributed by atoms with Gasteiger partial charge in [-0.3, -0.25) is 9.88 Å². The molecule has 104 valence electrons. The van der Waals surface area contributed by atoms with Crippen LogP contribution in [0.1, 0.15) is 31.4 Å². The maximum absolute atomic E-state index is 4.43. The fourth-order valence-electron chi connectivity index (χ4n) is 3.46. The van der Waals surface area contributed by atoms with Gasteiger partial charge in [-0.2, -0.15) is 0 Å². The monoisotopic (exact) mass is 259 g/mol. The Morgan fingerprint density at radius 3 is 2.79 bits per heavy atom. The second-order valence-electron chi connectivity index (χ2n) is 5.91. The molecule has 19 heavy (non-hydrogen) atoms. The van der Waals surface area contributed by atoms with Crippen molar-refractivity contribution in [1.82, 2.24) is 14.8 Å². The van der Waals surface area contributed by atoms with E-state index < -0.39 is 0 Å². The molecule has 2 fully saturated rings. The van der Waals surface area contributed by atoms with Crippen molar-refractivity contribution in [2.45, 2.75) is 38.1 Å². The lowest BCUT2D eigenvalue weighted by Crippen LogP contribution is -2.40. The molecule has 0 aromatic carbocycles. The van der Waals surface area contributed by atoms with Crippen LogP contribution in [0.2, 0.25) is 0 Å². The van der Waals surface area contributed by atoms with Crippen LogP contribution in [0.25, 0.3) is 0 Å². The highest BCUT2D eigenvalue weighted by Gasteiger charge is 2.26. The van der Waals surface area contributed by atoms with Gasteiger partial charge < -0.3 is 4.90 Å². The molecule has 1 unspecified atom stereocenters. The molecule has 0 bridgehead atoms. The van der Waals surface area contributed by atoms with Crippen molar-refractivity contribution in [1.29, 1.82) is 0 Å². The maximum Gasteiger partial charge on any atom is 0.0416 e. The highest BCUT2D eigenvalue weighted by molar-refractivity contribution is 5.04. The van der Waals surface area contributed by atoms with Gasteiger partial charge in [-0.15, -0.1) is 0 Å². The molecule has 3 heteroatoms. The highest BCUT2D eigenvalue weighted by atomic mass is 15.2. The van der Waals surface area contributed by atoms with Crippen LogP contribution in [0, 0.1) is 0 Å². The first kappa shape index (κ1) is 13.1. The zero-order valence-electron chi connectivity index (χ0n) is 11.8. The Kier molecular flexibility index (Phi) is 4.46. The van der Waals surface area contributed by atoms with Gasteiger partial charge >= 0.3 is 0 Å². The van der Waals surface area contributed by atoms with Crippen LogP contribution >= 0.6 is 0 Å². The van der Waals surface area contributed by atoms with E-state index in [0.29, 0.717) is 0 Å². The van der Waals surface area contributed by atoms with Crippen LogP contribution in [0.3, 0.4) is 0 Å². The second kappa shape index (κ2) is 6.49. The maximum atomic E-state index is 4.43. The standard InChI is InChI=1S/C16H25N3/c1-2-9-17-15(6-1)8-13-19-12-5-7-16(19)14-18-10-3-4-11-18/h1-2,6,9,16H,3-5,7-8,10-14H2. The molecule has 0 N–H and O–H groups in total. The van der Waals surface area contributed by atoms with Gasteiger partial charge in [0.05, 0.1) is 0 Å². The summed E-state index contributed by atoms with van der Waals surface area (Å²) in [5.74, 6) is 0. The number of hydrogen-bond donors (Lipinski definition) is 0. The third-order valence-corrected chi connectivity index (χ3v) is 4.55. The Morgan fingerprint density at radius 2 is 2.00 bits per heavy atom. The Balaban J connectivity index is 1.48. The summed E-state index contributed by atoms with van der Waals surface area (Å²) in [4.78, 5) is 9.77. The molecule has 1 aromatic rings. The second-order valence-corrected chi connectivity index (χ2v) is 5.91. The number of pyridine rings is 1. The van der Waals surface area contributed by atoms with Gasteiger partial charge in [0.2, 0.25) is 0 Å². The van der Waals surface area contributed by atoms with Crippen LogP contribution in [-0.4, -0.2) is 53.5 Å². The summed E-state index contributed by atoms with van der Waals surface area (Å²) in [6, 6.07) is 7.02. The number of nitrogens with zero attached hydrogens (tertiary/aromatic N) is 3. The van der Waals surface area contributed by atoms with E-state index >= 15 is 0 Å². The van der Waals surface area contributed by atoms with E-state index in [4.69, 9.17) is 0 Å². The summed E-state index contributed by atoms with van der Waals surface area (Å²) in [7, 11) is 0. The summed E-state index contributed by atoms with van der Waals surface area (Å²) < 4.78 is 0. The minimum atomic E-state index is 0.793. The van der Waals surface area contributed by atoms with E-state index in [0.717, 1.165) is 12.5 Å². The van der Waals surface area contributed by atoms with E-state index in [1.807, 2.05) is 12.3 Å². The molecule has 3 rings (SSSR count). The van der Waals surface area contributed by atoms with Crippen molar-refractivity contribution in [3.8, 4) is 0 Å². The Labute approximate surface area is 116 Å². The number of likely N-dealkylation sites (tertiary alicyclic amines) is 2. The molecule has 3 nitrogen and oxygen atoms in total. The first-order valence-electron chi connectivity index (χ1n) is 7.78. The predicted molar refractivity (Wildman–Crippen MR) is 78.2 cm³/mol. The van der Waals surface area contributed by atoms with Crippen LogP contribution < -0.4 is 0 Å². The molecule has 0 saturated carbocycles. The van der Waals surface area contributed by atoms with E-state index in [-0.39, 0.29) is 0 Å². The molecule has 0 radical (unpaired) electrons. The zero-order chi connectivity index (χ0) is 12.9. The molecular weight excluding hydrogens is 234 g/mol. The van der Waals surface area contributed by atoms with Gasteiger partial charge in [-0.25, -0.2) is 0 Å². The van der Waals surface area contributed by atoms with Gasteiger partial charge in [0, 0.05) is 37.4 Å². The average molecular weight is 259 g/mol. The molecular formula is C16H25N3. The molecule has 0 aliphatic carbocycles. The van der Waals surface area contributed by atoms with E-state index in [1.54, 1.807) is 0 Å². The summed E-state index contributed by atoms with van der Waals surface area (Å²) in [5, 5.41) is 0. The lowest BCUT2D eigenvalue weighted by atomic mass is 10.2. The Morgan fingerprint density at radius 1 is 1.11 bits per heavy atom. The molecule has 3 heterocycles. The molecule has 0 spiro atoms. The third-order valence-electron chi connectivity index (χ3n) is 4.55. The molecule has 0 amide bonds. The number of rotatable bonds is 5. The lowest BCUT2D eigenvalue weighted by Gasteiger charge is -2.28. The molecule has 1 atom stereocenters. The van der Waals surface area contributed by atoms with E-state index in [9.17, 15) is 0 Å². The van der Waals surface area contributed by atoms with E-state index in [1.165, 1.54) is 64.1 Å². The van der Waals surface area contributed by atoms with Gasteiger partial charge in [0.25, 0.3) is 0 Å². The summed E-state index contributed by atoms with van der Waals surface area (Å²) in [5.41, 5.74) is 1.23. The fourth-order valence-corrected chi connectivity index (χ4v) is 3.46. The lowest BCUT2D eigenvalue weighted by molar-refractivity contribution is 0.193. The van der Waals surface area contributed by atoms with Crippen molar-refractivity contribution in [3.63, 3.8) is 0 Å². The van der Waals surface area contributed by atoms with Crippen molar-refractivity contribution in [3.05, 3.63) is 30.1 Å². The third kappa shape index (κ3) is 3.54. The molecule has 2 saturated heterocycles. The summed E-state index contributed by atoms with van der Waals surface area (Å²) >= 11 is 0. The van der Waals surface area contributed by atoms with Crippen LogP contribution in [-0.2, 0) is 6.42 Å². The Bertz CT molecular complexity index is 373. The Hall–Kier alpha value is -0.930. The molecule has 2 aliphatic heterocycles. The summed E-state index contributed by atoms with van der Waals surface area (Å²) in [6.07, 6.45) is 8.57. The topological polar surface area (TPSA) is 19.4 Å². The fraction of sp³-hybridized carbons (Fsp3) is 0.688. The van der Waals surface area contributed by atoms with Gasteiger partial charge in [-0.05, 0) is 57.5 Å². The van der Waals surface area contributed by atoms with Crippen LogP contribution in [0.4, 0.5) is 0 Å². The van der Waals surface area contributed by atoms with E-state index in [2.05, 4.69) is 26.9 Å². The highest BCUT2D eigenvalue weighted by Crippen LogP contribution is 2.20. The minimum absolute atomic E-state index is 0.793. The van der Waals surface area contributed by atoms with Crippen molar-refractivity contribution >= 4 is 0 Å². The van der Waals surface area contributed by atoms with Crippen molar-refractivity contribution in [2.24, 2.45) is 0 Å². The number of aromatic nitrogens is 1. The SMILES string of the molecule is c1ccc(CCN2CCCC2CN2CCCC2)nc1. The predicted octanol–water partition coefficient (Wildman–Crippen LogP) is 2.18. The van der Waals surface area contributed by atoms with Crippen molar-refractivity contribution in [2.75, 3.05) is 32.7 Å². The van der Waals surface area contributed by atoms with Crippen LogP contribution in [0.15, 0.2) is 24.4 Å². The molecule has 1 aromatic heterocycles. The van der Waals surface area contributed by atoms with Gasteiger partial charge in [0.15, 0.2) is 0 Å². The smallest absolute Gasteiger partial charge is 0.0416 e. The first-order chi connectivity index (χ1) is 9.42. The molecule has 2 aliphatic rings. The summed E-state index contributed by atoms with van der Waals surface area (Å²) in [6.45, 7) is 6.40. The average Bonchev–Trinajstić information content (AvgIpc) is 3.10. The zero-order valence-corrected chi connectivity index (χ0v) is 11.8. The van der Waals surface area contributed by atoms with Gasteiger partial charge in [0.1, 0.15) is 0 Å². The normalized spacial score (nSPS) is 25.2.